The average Bonchev–Trinajstić information content (AvgIpc) is 2.08. The maximum atomic E-state index is 9.18. The highest BCUT2D eigenvalue weighted by molar-refractivity contribution is 4.89. The molecule has 1 rings (SSSR count). The topological polar surface area (TPSA) is 148 Å². The zero-order valence-corrected chi connectivity index (χ0v) is 6.87. The molecule has 5 atom stereocenters. The minimum atomic E-state index is -1.37. The monoisotopic (exact) mass is 197 g/mol. The Labute approximate surface area is 74.7 Å². The maximum absolute atomic E-state index is 9.18. The number of nitrogens with two attached hydrogens (primary N) is 1. The fraction of sp³-hybridized carbons (Fsp3) is 1.00. The van der Waals surface area contributed by atoms with Gasteiger partial charge in [-0.05, 0) is 0 Å². The van der Waals surface area contributed by atoms with Crippen LogP contribution in [0.5, 0.6) is 0 Å². The van der Waals surface area contributed by atoms with Crippen molar-refractivity contribution >= 4 is 0 Å². The van der Waals surface area contributed by atoms with Gasteiger partial charge < -0.3 is 36.4 Å². The van der Waals surface area contributed by atoms with E-state index in [1.54, 1.807) is 0 Å². The number of hydrogen-bond acceptors (Lipinski definition) is 6. The lowest BCUT2D eigenvalue weighted by Gasteiger charge is -2.38. The van der Waals surface area contributed by atoms with Crippen LogP contribution in [0.3, 0.4) is 0 Å². The van der Waals surface area contributed by atoms with Crippen molar-refractivity contribution in [1.29, 1.82) is 0 Å². The first kappa shape index (κ1) is 12.7. The van der Waals surface area contributed by atoms with E-state index in [1.165, 1.54) is 0 Å². The zero-order valence-electron chi connectivity index (χ0n) is 6.87. The summed E-state index contributed by atoms with van der Waals surface area (Å²) in [4.78, 5) is 0. The van der Waals surface area contributed by atoms with Crippen molar-refractivity contribution in [3.05, 3.63) is 0 Å². The van der Waals surface area contributed by atoms with Crippen molar-refractivity contribution in [3.8, 4) is 0 Å². The smallest absolute Gasteiger partial charge is 0.135 e. The van der Waals surface area contributed by atoms with Crippen molar-refractivity contribution in [1.82, 2.24) is 0 Å². The van der Waals surface area contributed by atoms with Crippen molar-refractivity contribution in [3.63, 3.8) is 0 Å². The minimum Gasteiger partial charge on any atom is -0.412 e. The molecule has 1 fully saturated rings. The molecule has 7 heteroatoms. The summed E-state index contributed by atoms with van der Waals surface area (Å²) in [6.45, 7) is -0.446. The van der Waals surface area contributed by atoms with E-state index in [-0.39, 0.29) is 5.48 Å². The first-order valence-corrected chi connectivity index (χ1v) is 3.64. The molecular formula is C6H15NO6. The van der Waals surface area contributed by atoms with Gasteiger partial charge in [0.1, 0.15) is 30.6 Å². The molecule has 1 aliphatic rings. The van der Waals surface area contributed by atoms with Crippen LogP contribution in [0.25, 0.3) is 0 Å². The van der Waals surface area contributed by atoms with E-state index >= 15 is 0 Å². The van der Waals surface area contributed by atoms with Gasteiger partial charge in [0.15, 0.2) is 0 Å². The first-order chi connectivity index (χ1) is 5.57. The van der Waals surface area contributed by atoms with Crippen molar-refractivity contribution < 1.29 is 30.6 Å². The van der Waals surface area contributed by atoms with Crippen LogP contribution in [0.4, 0.5) is 0 Å². The lowest BCUT2D eigenvalue weighted by Crippen LogP contribution is -2.61. The number of aliphatic hydroxyl groups excluding tert-OH is 4. The highest BCUT2D eigenvalue weighted by Crippen LogP contribution is 2.17. The Morgan fingerprint density at radius 2 is 1.62 bits per heavy atom. The van der Waals surface area contributed by atoms with Gasteiger partial charge in [0.2, 0.25) is 0 Å². The van der Waals surface area contributed by atoms with Gasteiger partial charge in [0, 0.05) is 0 Å². The van der Waals surface area contributed by atoms with Gasteiger partial charge >= 0.3 is 0 Å². The third-order valence-corrected chi connectivity index (χ3v) is 1.93. The molecule has 0 aliphatic carbocycles. The van der Waals surface area contributed by atoms with E-state index in [4.69, 9.17) is 25.8 Å². The summed E-state index contributed by atoms with van der Waals surface area (Å²) >= 11 is 0. The maximum Gasteiger partial charge on any atom is 0.135 e. The van der Waals surface area contributed by atoms with Crippen LogP contribution < -0.4 is 5.73 Å². The van der Waals surface area contributed by atoms with Gasteiger partial charge in [0.25, 0.3) is 0 Å². The quantitative estimate of drug-likeness (QED) is 0.288. The molecule has 0 bridgehead atoms. The predicted molar refractivity (Wildman–Crippen MR) is 41.6 cm³/mol. The van der Waals surface area contributed by atoms with Crippen LogP contribution in [0.2, 0.25) is 0 Å². The summed E-state index contributed by atoms with van der Waals surface area (Å²) in [7, 11) is 0. The summed E-state index contributed by atoms with van der Waals surface area (Å²) in [6, 6.07) is 0. The Morgan fingerprint density at radius 1 is 1.08 bits per heavy atom. The molecule has 1 aliphatic heterocycles. The molecule has 0 aromatic rings. The number of aliphatic hydroxyl groups is 4. The van der Waals surface area contributed by atoms with E-state index in [1.807, 2.05) is 0 Å². The van der Waals surface area contributed by atoms with Gasteiger partial charge in [0.05, 0.1) is 6.61 Å². The Balaban J connectivity index is 0.00000144. The van der Waals surface area contributed by atoms with Gasteiger partial charge in [-0.15, -0.1) is 0 Å². The second kappa shape index (κ2) is 4.82. The lowest BCUT2D eigenvalue weighted by molar-refractivity contribution is -0.227. The van der Waals surface area contributed by atoms with Crippen molar-refractivity contribution in [2.24, 2.45) is 5.73 Å². The van der Waals surface area contributed by atoms with Crippen LogP contribution in [0.15, 0.2) is 0 Å². The second-order valence-corrected chi connectivity index (χ2v) is 2.79. The summed E-state index contributed by atoms with van der Waals surface area (Å²) in [5, 5.41) is 36.1. The molecule has 1 saturated heterocycles. The molecule has 0 aromatic carbocycles. The summed E-state index contributed by atoms with van der Waals surface area (Å²) in [5.74, 6) is 0. The molecule has 0 spiro atoms. The van der Waals surface area contributed by atoms with Crippen LogP contribution in [-0.2, 0) is 4.74 Å². The van der Waals surface area contributed by atoms with Crippen LogP contribution in [-0.4, -0.2) is 63.2 Å². The molecular weight excluding hydrogens is 182 g/mol. The number of hydrogen-bond donors (Lipinski definition) is 5. The van der Waals surface area contributed by atoms with E-state index < -0.39 is 37.3 Å². The third-order valence-electron chi connectivity index (χ3n) is 1.93. The lowest BCUT2D eigenvalue weighted by atomic mass is 9.99. The van der Waals surface area contributed by atoms with Crippen molar-refractivity contribution in [2.75, 3.05) is 6.61 Å². The standard InChI is InChI=1S/C6H13NO5.H2O/c7-6-5(11)4(10)3(9)2(1-8)12-6;/h2-6,8-11H,1,7H2;1H2/t2-,3-,4+,5-,6?;/m1./s1. The SMILES string of the molecule is NC1O[C@H](CO)[C@@H](O)[C@H](O)[C@H]1O.O. The molecule has 0 radical (unpaired) electrons. The van der Waals surface area contributed by atoms with Gasteiger partial charge in [-0.2, -0.15) is 0 Å². The highest BCUT2D eigenvalue weighted by Gasteiger charge is 2.41. The van der Waals surface area contributed by atoms with Gasteiger partial charge in [-0.1, -0.05) is 0 Å². The fourth-order valence-electron chi connectivity index (χ4n) is 1.13. The second-order valence-electron chi connectivity index (χ2n) is 2.79. The molecule has 7 nitrogen and oxygen atoms in total. The molecule has 13 heavy (non-hydrogen) atoms. The number of ether oxygens (including phenoxy) is 1. The van der Waals surface area contributed by atoms with E-state index in [0.29, 0.717) is 0 Å². The average molecular weight is 197 g/mol. The zero-order chi connectivity index (χ0) is 9.30. The highest BCUT2D eigenvalue weighted by atomic mass is 16.6. The molecule has 0 saturated carbocycles. The Morgan fingerprint density at radius 3 is 2.08 bits per heavy atom. The van der Waals surface area contributed by atoms with E-state index in [2.05, 4.69) is 0 Å². The summed E-state index contributed by atoms with van der Waals surface area (Å²) < 4.78 is 4.80. The van der Waals surface area contributed by atoms with Crippen LogP contribution in [0, 0.1) is 0 Å². The molecule has 8 N–H and O–H groups in total. The molecule has 1 heterocycles. The first-order valence-electron chi connectivity index (χ1n) is 3.64. The third kappa shape index (κ3) is 2.35. The minimum absolute atomic E-state index is 0. The van der Waals surface area contributed by atoms with Gasteiger partial charge in [-0.25, -0.2) is 0 Å². The Kier molecular flexibility index (Phi) is 4.71. The molecule has 1 unspecified atom stereocenters. The molecule has 0 amide bonds. The fourth-order valence-corrected chi connectivity index (χ4v) is 1.13. The number of rotatable bonds is 1. The van der Waals surface area contributed by atoms with E-state index in [9.17, 15) is 5.11 Å². The van der Waals surface area contributed by atoms with E-state index in [0.717, 1.165) is 0 Å². The van der Waals surface area contributed by atoms with Crippen molar-refractivity contribution in [2.45, 2.75) is 30.6 Å². The van der Waals surface area contributed by atoms with Crippen LogP contribution in [0.1, 0.15) is 0 Å². The largest absolute Gasteiger partial charge is 0.412 e. The Bertz CT molecular complexity index is 151. The van der Waals surface area contributed by atoms with Crippen LogP contribution >= 0.6 is 0 Å². The predicted octanol–water partition coefficient (Wildman–Crippen LogP) is -4.08. The molecule has 0 aromatic heterocycles. The van der Waals surface area contributed by atoms with Gasteiger partial charge in [-0.3, -0.25) is 0 Å². The Hall–Kier alpha value is -0.280. The molecule has 80 valence electrons. The summed E-state index contributed by atoms with van der Waals surface area (Å²) in [5.41, 5.74) is 5.24. The summed E-state index contributed by atoms with van der Waals surface area (Å²) in [6.07, 6.45) is -5.99. The normalized spacial score (nSPS) is 45.5.